The molecule has 0 fully saturated rings. The van der Waals surface area contributed by atoms with Gasteiger partial charge >= 0.3 is 0 Å². The number of aliphatic hydroxyl groups excluding tert-OH is 1. The SMILES string of the molecule is CN(CCCCCO)CC(=O)c1ccccc1Br. The molecular formula is C14H20BrNO2. The molecule has 1 aromatic rings. The molecule has 1 aromatic carbocycles. The van der Waals surface area contributed by atoms with Crippen molar-refractivity contribution < 1.29 is 9.90 Å². The molecule has 0 bridgehead atoms. The maximum Gasteiger partial charge on any atom is 0.177 e. The van der Waals surface area contributed by atoms with Crippen LogP contribution in [-0.4, -0.2) is 42.5 Å². The molecule has 0 heterocycles. The van der Waals surface area contributed by atoms with Crippen molar-refractivity contribution >= 4 is 21.7 Å². The van der Waals surface area contributed by atoms with Gasteiger partial charge in [-0.2, -0.15) is 0 Å². The van der Waals surface area contributed by atoms with Gasteiger partial charge in [-0.05, 0) is 38.9 Å². The lowest BCUT2D eigenvalue weighted by molar-refractivity contribution is 0.0944. The molecule has 4 heteroatoms. The Morgan fingerprint density at radius 1 is 1.28 bits per heavy atom. The molecule has 0 radical (unpaired) electrons. The van der Waals surface area contributed by atoms with E-state index in [2.05, 4.69) is 15.9 Å². The second-order valence-electron chi connectivity index (χ2n) is 4.43. The Morgan fingerprint density at radius 2 is 2.00 bits per heavy atom. The summed E-state index contributed by atoms with van der Waals surface area (Å²) in [5, 5.41) is 8.68. The number of unbranched alkanes of at least 4 members (excludes halogenated alkanes) is 2. The molecule has 0 saturated heterocycles. The average molecular weight is 314 g/mol. The number of likely N-dealkylation sites (N-methyl/N-ethyl adjacent to an activating group) is 1. The number of hydrogen-bond acceptors (Lipinski definition) is 3. The molecule has 3 nitrogen and oxygen atoms in total. The van der Waals surface area contributed by atoms with Crippen LogP contribution in [-0.2, 0) is 0 Å². The molecule has 1 N–H and O–H groups in total. The van der Waals surface area contributed by atoms with Gasteiger partial charge in [0.25, 0.3) is 0 Å². The number of carbonyl (C=O) groups is 1. The first kappa shape index (κ1) is 15.3. The Kier molecular flexibility index (Phi) is 7.16. The van der Waals surface area contributed by atoms with E-state index >= 15 is 0 Å². The molecule has 0 spiro atoms. The quantitative estimate of drug-likeness (QED) is 0.592. The fourth-order valence-electron chi connectivity index (χ4n) is 1.77. The van der Waals surface area contributed by atoms with Gasteiger partial charge in [-0.15, -0.1) is 0 Å². The van der Waals surface area contributed by atoms with Crippen LogP contribution in [0.15, 0.2) is 28.7 Å². The number of Topliss-reactive ketones (excluding diaryl/α,β-unsaturated/α-hetero) is 1. The van der Waals surface area contributed by atoms with Gasteiger partial charge in [-0.25, -0.2) is 0 Å². The molecule has 0 aliphatic carbocycles. The number of nitrogens with zero attached hydrogens (tertiary/aromatic N) is 1. The highest BCUT2D eigenvalue weighted by atomic mass is 79.9. The van der Waals surface area contributed by atoms with E-state index in [1.807, 2.05) is 36.2 Å². The second-order valence-corrected chi connectivity index (χ2v) is 5.28. The molecule has 0 amide bonds. The molecule has 0 aliphatic heterocycles. The van der Waals surface area contributed by atoms with Crippen LogP contribution >= 0.6 is 15.9 Å². The van der Waals surface area contributed by atoms with E-state index < -0.39 is 0 Å². The maximum atomic E-state index is 12.1. The number of hydrogen-bond donors (Lipinski definition) is 1. The highest BCUT2D eigenvalue weighted by molar-refractivity contribution is 9.10. The van der Waals surface area contributed by atoms with Gasteiger partial charge in [0.05, 0.1) is 6.54 Å². The number of aliphatic hydroxyl groups is 1. The minimum absolute atomic E-state index is 0.132. The zero-order valence-corrected chi connectivity index (χ0v) is 12.3. The van der Waals surface area contributed by atoms with Crippen LogP contribution in [0.25, 0.3) is 0 Å². The minimum atomic E-state index is 0.132. The lowest BCUT2D eigenvalue weighted by Gasteiger charge is -2.15. The van der Waals surface area contributed by atoms with E-state index in [1.165, 1.54) is 0 Å². The second kappa shape index (κ2) is 8.40. The number of halogens is 1. The smallest absolute Gasteiger partial charge is 0.177 e. The van der Waals surface area contributed by atoms with Crippen LogP contribution in [0.4, 0.5) is 0 Å². The zero-order chi connectivity index (χ0) is 13.4. The van der Waals surface area contributed by atoms with Gasteiger partial charge in [-0.1, -0.05) is 34.1 Å². The van der Waals surface area contributed by atoms with Crippen LogP contribution in [0, 0.1) is 0 Å². The van der Waals surface area contributed by atoms with E-state index in [-0.39, 0.29) is 12.4 Å². The molecular weight excluding hydrogens is 294 g/mol. The Labute approximate surface area is 117 Å². The number of carbonyl (C=O) groups excluding carboxylic acids is 1. The summed E-state index contributed by atoms with van der Waals surface area (Å²) in [6.07, 6.45) is 2.86. The molecule has 0 unspecified atom stereocenters. The van der Waals surface area contributed by atoms with Crippen molar-refractivity contribution in [3.05, 3.63) is 34.3 Å². The lowest BCUT2D eigenvalue weighted by atomic mass is 10.1. The predicted octanol–water partition coefficient (Wildman–Crippen LogP) is 2.73. The number of benzene rings is 1. The third-order valence-electron chi connectivity index (χ3n) is 2.79. The molecule has 0 saturated carbocycles. The van der Waals surface area contributed by atoms with E-state index in [0.717, 1.165) is 35.8 Å². The van der Waals surface area contributed by atoms with Gasteiger partial charge in [0.1, 0.15) is 0 Å². The van der Waals surface area contributed by atoms with Crippen LogP contribution in [0.5, 0.6) is 0 Å². The summed E-state index contributed by atoms with van der Waals surface area (Å²) in [7, 11) is 1.95. The van der Waals surface area contributed by atoms with E-state index in [0.29, 0.717) is 6.54 Å². The third-order valence-corrected chi connectivity index (χ3v) is 3.48. The topological polar surface area (TPSA) is 40.5 Å². The van der Waals surface area contributed by atoms with Crippen LogP contribution in [0.3, 0.4) is 0 Å². The van der Waals surface area contributed by atoms with Crippen molar-refractivity contribution in [1.29, 1.82) is 0 Å². The van der Waals surface area contributed by atoms with Crippen molar-refractivity contribution in [1.82, 2.24) is 4.90 Å². The highest BCUT2D eigenvalue weighted by Crippen LogP contribution is 2.16. The normalized spacial score (nSPS) is 10.9. The largest absolute Gasteiger partial charge is 0.396 e. The summed E-state index contributed by atoms with van der Waals surface area (Å²) in [4.78, 5) is 14.1. The predicted molar refractivity (Wildman–Crippen MR) is 76.9 cm³/mol. The third kappa shape index (κ3) is 5.29. The van der Waals surface area contributed by atoms with Gasteiger partial charge in [0.15, 0.2) is 5.78 Å². The minimum Gasteiger partial charge on any atom is -0.396 e. The van der Waals surface area contributed by atoms with Crippen LogP contribution in [0.2, 0.25) is 0 Å². The summed E-state index contributed by atoms with van der Waals surface area (Å²) in [5.74, 6) is 0.132. The summed E-state index contributed by atoms with van der Waals surface area (Å²) in [6.45, 7) is 1.57. The van der Waals surface area contributed by atoms with Crippen molar-refractivity contribution in [3.8, 4) is 0 Å². The highest BCUT2D eigenvalue weighted by Gasteiger charge is 2.11. The van der Waals surface area contributed by atoms with Gasteiger partial charge in [-0.3, -0.25) is 9.69 Å². The van der Waals surface area contributed by atoms with E-state index in [4.69, 9.17) is 5.11 Å². The first-order valence-corrected chi connectivity index (χ1v) is 7.01. The van der Waals surface area contributed by atoms with Gasteiger partial charge in [0, 0.05) is 16.6 Å². The Bertz CT molecular complexity index is 382. The first-order valence-electron chi connectivity index (χ1n) is 6.22. The van der Waals surface area contributed by atoms with E-state index in [9.17, 15) is 4.79 Å². The zero-order valence-electron chi connectivity index (χ0n) is 10.7. The van der Waals surface area contributed by atoms with Crippen molar-refractivity contribution in [2.45, 2.75) is 19.3 Å². The Balaban J connectivity index is 2.38. The monoisotopic (exact) mass is 313 g/mol. The molecule has 0 aromatic heterocycles. The molecule has 18 heavy (non-hydrogen) atoms. The summed E-state index contributed by atoms with van der Waals surface area (Å²) < 4.78 is 0.851. The van der Waals surface area contributed by atoms with Crippen LogP contribution < -0.4 is 0 Å². The van der Waals surface area contributed by atoms with Gasteiger partial charge in [0.2, 0.25) is 0 Å². The molecule has 0 atom stereocenters. The summed E-state index contributed by atoms with van der Waals surface area (Å²) >= 11 is 3.39. The number of ketones is 1. The molecule has 1 rings (SSSR count). The molecule has 0 aliphatic rings. The number of rotatable bonds is 8. The fraction of sp³-hybridized carbons (Fsp3) is 0.500. The summed E-state index contributed by atoms with van der Waals surface area (Å²) in [5.41, 5.74) is 0.736. The van der Waals surface area contributed by atoms with Crippen molar-refractivity contribution in [2.24, 2.45) is 0 Å². The summed E-state index contributed by atoms with van der Waals surface area (Å²) in [6, 6.07) is 7.50. The van der Waals surface area contributed by atoms with Crippen molar-refractivity contribution in [2.75, 3.05) is 26.7 Å². The van der Waals surface area contributed by atoms with Crippen molar-refractivity contribution in [3.63, 3.8) is 0 Å². The molecule has 100 valence electrons. The van der Waals surface area contributed by atoms with E-state index in [1.54, 1.807) is 0 Å². The lowest BCUT2D eigenvalue weighted by Crippen LogP contribution is -2.27. The van der Waals surface area contributed by atoms with Crippen LogP contribution in [0.1, 0.15) is 29.6 Å². The van der Waals surface area contributed by atoms with Gasteiger partial charge < -0.3 is 5.11 Å². The fourth-order valence-corrected chi connectivity index (χ4v) is 2.27. The maximum absolute atomic E-state index is 12.1. The average Bonchev–Trinajstić information content (AvgIpc) is 2.35. The Hall–Kier alpha value is -0.710. The Morgan fingerprint density at radius 3 is 2.67 bits per heavy atom. The standard InChI is InChI=1S/C14H20BrNO2/c1-16(9-5-2-6-10-17)11-14(18)12-7-3-4-8-13(12)15/h3-4,7-8,17H,2,5-6,9-11H2,1H3. The first-order chi connectivity index (χ1) is 8.65.